The molecule has 88 valence electrons. The molecule has 0 aromatic heterocycles. The van der Waals surface area contributed by atoms with Crippen molar-refractivity contribution in [3.05, 3.63) is 0 Å². The maximum Gasteiger partial charge on any atom is 0.0327 e. The maximum atomic E-state index is 3.71. The molecule has 2 saturated carbocycles. The highest BCUT2D eigenvalue weighted by atomic mass is 15.2. The molecule has 15 heavy (non-hydrogen) atoms. The molecule has 0 saturated heterocycles. The minimum Gasteiger partial charge on any atom is -0.315 e. The van der Waals surface area contributed by atoms with Crippen molar-refractivity contribution in [3.63, 3.8) is 0 Å². The fourth-order valence-corrected chi connectivity index (χ4v) is 3.09. The van der Waals surface area contributed by atoms with Gasteiger partial charge in [-0.1, -0.05) is 12.8 Å². The van der Waals surface area contributed by atoms with Crippen molar-refractivity contribution in [1.29, 1.82) is 0 Å². The van der Waals surface area contributed by atoms with E-state index in [0.717, 1.165) is 5.92 Å². The quantitative estimate of drug-likeness (QED) is 0.749. The van der Waals surface area contributed by atoms with Crippen LogP contribution in [0, 0.1) is 5.92 Å². The van der Waals surface area contributed by atoms with Crippen molar-refractivity contribution in [3.8, 4) is 0 Å². The van der Waals surface area contributed by atoms with Gasteiger partial charge in [-0.2, -0.15) is 0 Å². The van der Waals surface area contributed by atoms with E-state index in [0.29, 0.717) is 5.54 Å². The number of rotatable bonds is 5. The Bertz CT molecular complexity index is 191. The van der Waals surface area contributed by atoms with Gasteiger partial charge in [0.25, 0.3) is 0 Å². The molecule has 2 nitrogen and oxygen atoms in total. The Hall–Kier alpha value is -0.0800. The van der Waals surface area contributed by atoms with E-state index in [1.165, 1.54) is 58.0 Å². The zero-order valence-corrected chi connectivity index (χ0v) is 10.4. The molecule has 0 aromatic rings. The molecule has 0 unspecified atom stereocenters. The predicted octanol–water partition coefficient (Wildman–Crippen LogP) is 2.25. The van der Waals surface area contributed by atoms with E-state index in [-0.39, 0.29) is 0 Å². The van der Waals surface area contributed by atoms with Crippen LogP contribution < -0.4 is 5.32 Å². The molecule has 0 spiro atoms. The van der Waals surface area contributed by atoms with E-state index < -0.39 is 0 Å². The zero-order valence-electron chi connectivity index (χ0n) is 10.4. The average molecular weight is 210 g/mol. The summed E-state index contributed by atoms with van der Waals surface area (Å²) in [5.41, 5.74) is 0.499. The molecule has 0 amide bonds. The third kappa shape index (κ3) is 2.54. The van der Waals surface area contributed by atoms with Gasteiger partial charge in [0.2, 0.25) is 0 Å². The molecule has 1 N–H and O–H groups in total. The Morgan fingerprint density at radius 1 is 1.13 bits per heavy atom. The number of hydrogen-bond donors (Lipinski definition) is 1. The summed E-state index contributed by atoms with van der Waals surface area (Å²) in [6, 6.07) is 0. The molecule has 2 aliphatic carbocycles. The Morgan fingerprint density at radius 2 is 1.80 bits per heavy atom. The van der Waals surface area contributed by atoms with Gasteiger partial charge in [0, 0.05) is 12.1 Å². The smallest absolute Gasteiger partial charge is 0.0327 e. The van der Waals surface area contributed by atoms with Crippen LogP contribution in [0.3, 0.4) is 0 Å². The fraction of sp³-hybridized carbons (Fsp3) is 1.00. The summed E-state index contributed by atoms with van der Waals surface area (Å²) in [6.45, 7) is 2.46. The van der Waals surface area contributed by atoms with Crippen molar-refractivity contribution in [2.45, 2.75) is 50.5 Å². The van der Waals surface area contributed by atoms with Gasteiger partial charge in [-0.15, -0.1) is 0 Å². The summed E-state index contributed by atoms with van der Waals surface area (Å²) in [6.07, 6.45) is 10.0. The molecule has 0 bridgehead atoms. The summed E-state index contributed by atoms with van der Waals surface area (Å²) in [7, 11) is 4.47. The van der Waals surface area contributed by atoms with Gasteiger partial charge in [-0.05, 0) is 58.7 Å². The van der Waals surface area contributed by atoms with E-state index in [1.54, 1.807) is 0 Å². The van der Waals surface area contributed by atoms with Crippen LogP contribution in [-0.2, 0) is 0 Å². The van der Waals surface area contributed by atoms with Gasteiger partial charge in [0.05, 0.1) is 0 Å². The van der Waals surface area contributed by atoms with Gasteiger partial charge < -0.3 is 10.2 Å². The van der Waals surface area contributed by atoms with Crippen molar-refractivity contribution in [2.75, 3.05) is 27.2 Å². The molecule has 2 aliphatic rings. The number of nitrogens with one attached hydrogen (secondary N) is 1. The van der Waals surface area contributed by atoms with E-state index in [9.17, 15) is 0 Å². The third-order valence-electron chi connectivity index (χ3n) is 4.59. The summed E-state index contributed by atoms with van der Waals surface area (Å²) in [5, 5.41) is 3.71. The highest BCUT2D eigenvalue weighted by Gasteiger charge is 2.38. The minimum absolute atomic E-state index is 0.499. The van der Waals surface area contributed by atoms with Crippen LogP contribution in [0.25, 0.3) is 0 Å². The lowest BCUT2D eigenvalue weighted by molar-refractivity contribution is 0.0592. The van der Waals surface area contributed by atoms with Crippen molar-refractivity contribution >= 4 is 0 Å². The fourth-order valence-electron chi connectivity index (χ4n) is 3.09. The first kappa shape index (κ1) is 11.4. The van der Waals surface area contributed by atoms with E-state index in [4.69, 9.17) is 0 Å². The molecule has 0 radical (unpaired) electrons. The molecular formula is C13H26N2. The molecule has 2 fully saturated rings. The Morgan fingerprint density at radius 3 is 2.27 bits per heavy atom. The second-order valence-corrected chi connectivity index (χ2v) is 5.75. The first-order valence-corrected chi connectivity index (χ1v) is 6.61. The first-order valence-electron chi connectivity index (χ1n) is 6.61. The Labute approximate surface area is 94.4 Å². The van der Waals surface area contributed by atoms with E-state index >= 15 is 0 Å². The van der Waals surface area contributed by atoms with Crippen molar-refractivity contribution in [1.82, 2.24) is 10.2 Å². The monoisotopic (exact) mass is 210 g/mol. The maximum absolute atomic E-state index is 3.71. The molecule has 0 aliphatic heterocycles. The largest absolute Gasteiger partial charge is 0.315 e. The van der Waals surface area contributed by atoms with Crippen molar-refractivity contribution < 1.29 is 0 Å². The van der Waals surface area contributed by atoms with Crippen molar-refractivity contribution in [2.24, 2.45) is 5.92 Å². The zero-order chi connectivity index (χ0) is 10.7. The van der Waals surface area contributed by atoms with Gasteiger partial charge >= 0.3 is 0 Å². The number of nitrogens with zero attached hydrogens (tertiary/aromatic N) is 1. The van der Waals surface area contributed by atoms with Crippen LogP contribution in [0.4, 0.5) is 0 Å². The molecule has 0 atom stereocenters. The van der Waals surface area contributed by atoms with Crippen LogP contribution in [-0.4, -0.2) is 37.6 Å². The van der Waals surface area contributed by atoms with Crippen LogP contribution in [0.2, 0.25) is 0 Å². The highest BCUT2D eigenvalue weighted by molar-refractivity contribution is 4.97. The summed E-state index contributed by atoms with van der Waals surface area (Å²) in [4.78, 5) is 2.43. The number of hydrogen-bond acceptors (Lipinski definition) is 2. The second-order valence-electron chi connectivity index (χ2n) is 5.75. The minimum atomic E-state index is 0.499. The average Bonchev–Trinajstić information content (AvgIpc) is 2.61. The van der Waals surface area contributed by atoms with Crippen LogP contribution in [0.15, 0.2) is 0 Å². The normalized spacial score (nSPS) is 25.8. The summed E-state index contributed by atoms with van der Waals surface area (Å²) in [5.74, 6) is 0.976. The standard InChI is InChI=1S/C13H26N2/c1-15(2)13(8-5-9-13)11-14-10-12-6-3-4-7-12/h12,14H,3-11H2,1-2H3. The molecule has 2 rings (SSSR count). The number of likely N-dealkylation sites (N-methyl/N-ethyl adjacent to an activating group) is 1. The topological polar surface area (TPSA) is 15.3 Å². The second kappa shape index (κ2) is 4.84. The third-order valence-corrected chi connectivity index (χ3v) is 4.59. The summed E-state index contributed by atoms with van der Waals surface area (Å²) < 4.78 is 0. The first-order chi connectivity index (χ1) is 7.23. The SMILES string of the molecule is CN(C)C1(CNCC2CCCC2)CCC1. The molecule has 0 heterocycles. The lowest BCUT2D eigenvalue weighted by Gasteiger charge is -2.47. The van der Waals surface area contributed by atoms with Crippen LogP contribution >= 0.6 is 0 Å². The Balaban J connectivity index is 1.67. The predicted molar refractivity (Wildman–Crippen MR) is 65.1 cm³/mol. The van der Waals surface area contributed by atoms with E-state index in [1.807, 2.05) is 0 Å². The van der Waals surface area contributed by atoms with Gasteiger partial charge in [-0.25, -0.2) is 0 Å². The van der Waals surface area contributed by atoms with Gasteiger partial charge in [0.1, 0.15) is 0 Å². The van der Waals surface area contributed by atoms with Crippen LogP contribution in [0.1, 0.15) is 44.9 Å². The molecular weight excluding hydrogens is 184 g/mol. The molecule has 0 aromatic carbocycles. The molecule has 2 heteroatoms. The Kier molecular flexibility index (Phi) is 3.68. The summed E-state index contributed by atoms with van der Waals surface area (Å²) >= 11 is 0. The van der Waals surface area contributed by atoms with E-state index in [2.05, 4.69) is 24.3 Å². The lowest BCUT2D eigenvalue weighted by Crippen LogP contribution is -2.56. The van der Waals surface area contributed by atoms with Crippen LogP contribution in [0.5, 0.6) is 0 Å². The van der Waals surface area contributed by atoms with Gasteiger partial charge in [-0.3, -0.25) is 0 Å². The lowest BCUT2D eigenvalue weighted by atomic mass is 9.75. The van der Waals surface area contributed by atoms with Gasteiger partial charge in [0.15, 0.2) is 0 Å². The highest BCUT2D eigenvalue weighted by Crippen LogP contribution is 2.35.